The summed E-state index contributed by atoms with van der Waals surface area (Å²) in [5.74, 6) is 0.0389. The molecule has 1 aliphatic rings. The number of aliphatic imine (C=N–C) groups is 1. The normalized spacial score (nSPS) is 17.9. The van der Waals surface area contributed by atoms with Gasteiger partial charge in [-0.25, -0.2) is 13.2 Å². The first kappa shape index (κ1) is 14.0. The summed E-state index contributed by atoms with van der Waals surface area (Å²) in [5, 5.41) is 0. The molecule has 0 aliphatic heterocycles. The predicted molar refractivity (Wildman–Crippen MR) is 73.3 cm³/mol. The number of carbonyl (C=O) groups excluding carboxylic acids is 1. The molecule has 4 nitrogen and oxygen atoms in total. The molecule has 0 saturated heterocycles. The molecule has 19 heavy (non-hydrogen) atoms. The molecule has 1 saturated carbocycles. The fourth-order valence-corrected chi connectivity index (χ4v) is 3.52. The van der Waals surface area contributed by atoms with Gasteiger partial charge in [-0.3, -0.25) is 0 Å². The summed E-state index contributed by atoms with van der Waals surface area (Å²) < 4.78 is 22.5. The van der Waals surface area contributed by atoms with Gasteiger partial charge in [0.15, 0.2) is 9.84 Å². The van der Waals surface area contributed by atoms with Crippen LogP contribution < -0.4 is 0 Å². The van der Waals surface area contributed by atoms with Gasteiger partial charge in [0.2, 0.25) is 6.08 Å². The highest BCUT2D eigenvalue weighted by atomic mass is 32.2. The van der Waals surface area contributed by atoms with Crippen molar-refractivity contribution in [1.29, 1.82) is 0 Å². The van der Waals surface area contributed by atoms with Crippen LogP contribution in [0.15, 0.2) is 29.3 Å². The van der Waals surface area contributed by atoms with Crippen LogP contribution in [0.5, 0.6) is 0 Å². The van der Waals surface area contributed by atoms with Gasteiger partial charge in [0.1, 0.15) is 0 Å². The van der Waals surface area contributed by atoms with Crippen LogP contribution in [0.3, 0.4) is 0 Å². The minimum atomic E-state index is -3.02. The van der Waals surface area contributed by atoms with Crippen molar-refractivity contribution in [3.8, 4) is 0 Å². The SMILES string of the molecule is CS(=O)(=O)Cc1ccc(C2(N=C=O)CCCC2)cc1. The lowest BCUT2D eigenvalue weighted by atomic mass is 9.88. The molecule has 0 radical (unpaired) electrons. The second kappa shape index (κ2) is 5.27. The Labute approximate surface area is 113 Å². The lowest BCUT2D eigenvalue weighted by molar-refractivity contribution is 0.456. The number of benzene rings is 1. The summed E-state index contributed by atoms with van der Waals surface area (Å²) in [6.45, 7) is 0. The van der Waals surface area contributed by atoms with E-state index in [1.807, 2.05) is 12.1 Å². The van der Waals surface area contributed by atoms with E-state index in [1.54, 1.807) is 18.2 Å². The van der Waals surface area contributed by atoms with Gasteiger partial charge in [-0.1, -0.05) is 37.1 Å². The van der Waals surface area contributed by atoms with E-state index in [-0.39, 0.29) is 5.75 Å². The Morgan fingerprint density at radius 1 is 1.21 bits per heavy atom. The van der Waals surface area contributed by atoms with Gasteiger partial charge in [0, 0.05) is 6.26 Å². The molecule has 0 unspecified atom stereocenters. The number of rotatable bonds is 4. The molecule has 2 rings (SSSR count). The van der Waals surface area contributed by atoms with Crippen LogP contribution in [0.2, 0.25) is 0 Å². The summed E-state index contributed by atoms with van der Waals surface area (Å²) in [7, 11) is -3.02. The maximum absolute atomic E-state index is 11.2. The predicted octanol–water partition coefficient (Wildman–Crippen LogP) is 2.34. The standard InChI is InChI=1S/C14H17NO3S/c1-19(17,18)10-12-4-6-13(7-5-12)14(15-11-16)8-2-3-9-14/h4-7H,2-3,8-10H2,1H3. The Hall–Kier alpha value is -1.45. The van der Waals surface area contributed by atoms with Crippen LogP contribution in [0.1, 0.15) is 36.8 Å². The molecule has 1 aliphatic carbocycles. The number of sulfone groups is 1. The van der Waals surface area contributed by atoms with Gasteiger partial charge in [0.25, 0.3) is 0 Å². The summed E-state index contributed by atoms with van der Waals surface area (Å²) in [4.78, 5) is 14.6. The third kappa shape index (κ3) is 3.31. The Bertz CT molecular complexity index is 592. The van der Waals surface area contributed by atoms with Gasteiger partial charge < -0.3 is 0 Å². The van der Waals surface area contributed by atoms with Crippen LogP contribution in [0.4, 0.5) is 0 Å². The summed E-state index contributed by atoms with van der Waals surface area (Å²) in [5.41, 5.74) is 1.30. The highest BCUT2D eigenvalue weighted by molar-refractivity contribution is 7.89. The van der Waals surface area contributed by atoms with Crippen molar-refractivity contribution in [3.63, 3.8) is 0 Å². The van der Waals surface area contributed by atoms with Gasteiger partial charge in [-0.05, 0) is 24.0 Å². The molecule has 102 valence electrons. The second-order valence-corrected chi connectivity index (χ2v) is 7.35. The zero-order valence-electron chi connectivity index (χ0n) is 10.9. The molecular formula is C14H17NO3S. The first-order valence-corrected chi connectivity index (χ1v) is 8.37. The minimum Gasteiger partial charge on any atom is -0.229 e. The van der Waals surface area contributed by atoms with E-state index in [2.05, 4.69) is 4.99 Å². The van der Waals surface area contributed by atoms with Crippen LogP contribution >= 0.6 is 0 Å². The number of isocyanates is 1. The van der Waals surface area contributed by atoms with Crippen LogP contribution in [-0.2, 0) is 25.9 Å². The fraction of sp³-hybridized carbons (Fsp3) is 0.500. The van der Waals surface area contributed by atoms with Gasteiger partial charge >= 0.3 is 0 Å². The van der Waals surface area contributed by atoms with Gasteiger partial charge in [0.05, 0.1) is 11.3 Å². The lowest BCUT2D eigenvalue weighted by Gasteiger charge is -2.22. The smallest absolute Gasteiger partial charge is 0.229 e. The summed E-state index contributed by atoms with van der Waals surface area (Å²) in [6, 6.07) is 7.37. The van der Waals surface area contributed by atoms with Crippen molar-refractivity contribution in [3.05, 3.63) is 35.4 Å². The average molecular weight is 279 g/mol. The largest absolute Gasteiger partial charge is 0.235 e. The minimum absolute atomic E-state index is 0.0389. The second-order valence-electron chi connectivity index (χ2n) is 5.21. The number of hydrogen-bond donors (Lipinski definition) is 0. The highest BCUT2D eigenvalue weighted by Gasteiger charge is 2.35. The summed E-state index contributed by atoms with van der Waals surface area (Å²) >= 11 is 0. The van der Waals surface area contributed by atoms with E-state index >= 15 is 0 Å². The zero-order valence-corrected chi connectivity index (χ0v) is 11.7. The van der Waals surface area contributed by atoms with Crippen molar-refractivity contribution < 1.29 is 13.2 Å². The van der Waals surface area contributed by atoms with E-state index in [1.165, 1.54) is 6.26 Å². The molecular weight excluding hydrogens is 262 g/mol. The Kier molecular flexibility index (Phi) is 3.88. The fourth-order valence-electron chi connectivity index (χ4n) is 2.73. The number of hydrogen-bond acceptors (Lipinski definition) is 4. The van der Waals surface area contributed by atoms with Crippen molar-refractivity contribution in [1.82, 2.24) is 0 Å². The van der Waals surface area contributed by atoms with E-state index in [4.69, 9.17) is 0 Å². The molecule has 1 fully saturated rings. The van der Waals surface area contributed by atoms with E-state index in [0.29, 0.717) is 0 Å². The van der Waals surface area contributed by atoms with Crippen LogP contribution in [-0.4, -0.2) is 20.8 Å². The van der Waals surface area contributed by atoms with Crippen LogP contribution in [0.25, 0.3) is 0 Å². The molecule has 1 aromatic carbocycles. The molecule has 5 heteroatoms. The van der Waals surface area contributed by atoms with Crippen molar-refractivity contribution in [2.24, 2.45) is 4.99 Å². The highest BCUT2D eigenvalue weighted by Crippen LogP contribution is 2.42. The first-order chi connectivity index (χ1) is 8.95. The van der Waals surface area contributed by atoms with Gasteiger partial charge in [-0.2, -0.15) is 4.99 Å². The monoisotopic (exact) mass is 279 g/mol. The average Bonchev–Trinajstić information content (AvgIpc) is 2.78. The Balaban J connectivity index is 2.29. The molecule has 0 atom stereocenters. The third-order valence-corrected chi connectivity index (χ3v) is 4.47. The van der Waals surface area contributed by atoms with Crippen LogP contribution in [0, 0.1) is 0 Å². The maximum atomic E-state index is 11.2. The summed E-state index contributed by atoms with van der Waals surface area (Å²) in [6.07, 6.45) is 6.71. The topological polar surface area (TPSA) is 63.6 Å². The Morgan fingerprint density at radius 3 is 2.26 bits per heavy atom. The number of nitrogens with zero attached hydrogens (tertiary/aromatic N) is 1. The van der Waals surface area contributed by atoms with E-state index < -0.39 is 15.4 Å². The maximum Gasteiger partial charge on any atom is 0.235 e. The third-order valence-electron chi connectivity index (χ3n) is 3.61. The lowest BCUT2D eigenvalue weighted by Crippen LogP contribution is -2.18. The molecule has 0 N–H and O–H groups in total. The van der Waals surface area contributed by atoms with Gasteiger partial charge in [-0.15, -0.1) is 0 Å². The molecule has 0 amide bonds. The first-order valence-electron chi connectivity index (χ1n) is 6.31. The van der Waals surface area contributed by atoms with Crippen molar-refractivity contribution >= 4 is 15.9 Å². The molecule has 0 aromatic heterocycles. The van der Waals surface area contributed by atoms with Crippen molar-refractivity contribution in [2.75, 3.05) is 6.26 Å². The van der Waals surface area contributed by atoms with E-state index in [9.17, 15) is 13.2 Å². The van der Waals surface area contributed by atoms with Crippen molar-refractivity contribution in [2.45, 2.75) is 37.0 Å². The molecule has 0 spiro atoms. The molecule has 1 aromatic rings. The quantitative estimate of drug-likeness (QED) is 0.627. The molecule has 0 bridgehead atoms. The van der Waals surface area contributed by atoms with E-state index in [0.717, 1.165) is 36.8 Å². The molecule has 0 heterocycles. The zero-order chi connectivity index (χ0) is 13.9. The Morgan fingerprint density at radius 2 is 1.79 bits per heavy atom.